The van der Waals surface area contributed by atoms with Crippen molar-refractivity contribution in [1.82, 2.24) is 5.32 Å². The van der Waals surface area contributed by atoms with Crippen molar-refractivity contribution in [3.63, 3.8) is 0 Å². The third-order valence-electron chi connectivity index (χ3n) is 2.60. The van der Waals surface area contributed by atoms with Gasteiger partial charge in [0.05, 0.1) is 19.8 Å². The van der Waals surface area contributed by atoms with E-state index in [-0.39, 0.29) is 5.91 Å². The number of carbonyl (C=O) groups is 1. The van der Waals surface area contributed by atoms with Crippen LogP contribution in [0.25, 0.3) is 0 Å². The lowest BCUT2D eigenvalue weighted by atomic mass is 10.1. The van der Waals surface area contributed by atoms with Crippen LogP contribution in [-0.2, 0) is 9.47 Å². The molecule has 0 radical (unpaired) electrons. The van der Waals surface area contributed by atoms with Gasteiger partial charge in [0.25, 0.3) is 5.91 Å². The minimum absolute atomic E-state index is 0.0495. The quantitative estimate of drug-likeness (QED) is 0.750. The zero-order valence-corrected chi connectivity index (χ0v) is 11.3. The molecule has 0 aliphatic carbocycles. The molecule has 1 rings (SSSR count). The van der Waals surface area contributed by atoms with E-state index in [0.717, 1.165) is 16.7 Å². The molecule has 0 bridgehead atoms. The normalized spacial score (nSPS) is 10.4. The lowest BCUT2D eigenvalue weighted by molar-refractivity contribution is 0.0692. The number of nitrogens with one attached hydrogen (secondary N) is 1. The van der Waals surface area contributed by atoms with Gasteiger partial charge in [0.2, 0.25) is 0 Å². The second-order valence-corrected chi connectivity index (χ2v) is 4.18. The van der Waals surface area contributed by atoms with E-state index in [1.165, 1.54) is 0 Å². The number of hydrogen-bond donors (Lipinski definition) is 1. The van der Waals surface area contributed by atoms with Crippen molar-refractivity contribution in [1.29, 1.82) is 0 Å². The summed E-state index contributed by atoms with van der Waals surface area (Å²) in [6.07, 6.45) is 0. The predicted molar refractivity (Wildman–Crippen MR) is 70.9 cm³/mol. The molecule has 100 valence electrons. The van der Waals surface area contributed by atoms with Gasteiger partial charge >= 0.3 is 0 Å². The average molecular weight is 251 g/mol. The van der Waals surface area contributed by atoms with Crippen molar-refractivity contribution < 1.29 is 14.3 Å². The summed E-state index contributed by atoms with van der Waals surface area (Å²) in [5.74, 6) is -0.0495. The molecule has 0 saturated carbocycles. The van der Waals surface area contributed by atoms with Crippen LogP contribution in [0.15, 0.2) is 18.2 Å². The van der Waals surface area contributed by atoms with Gasteiger partial charge in [-0.05, 0) is 25.5 Å². The summed E-state index contributed by atoms with van der Waals surface area (Å²) in [5.41, 5.74) is 2.80. The fraction of sp³-hybridized carbons (Fsp3) is 0.500. The maximum Gasteiger partial charge on any atom is 0.251 e. The number of aryl methyl sites for hydroxylation is 2. The highest BCUT2D eigenvalue weighted by Crippen LogP contribution is 2.10. The fourth-order valence-electron chi connectivity index (χ4n) is 1.56. The molecular weight excluding hydrogens is 230 g/mol. The van der Waals surface area contributed by atoms with E-state index in [0.29, 0.717) is 26.4 Å². The van der Waals surface area contributed by atoms with Crippen LogP contribution in [0.5, 0.6) is 0 Å². The van der Waals surface area contributed by atoms with Crippen molar-refractivity contribution in [2.45, 2.75) is 13.8 Å². The Labute approximate surface area is 108 Å². The highest BCUT2D eigenvalue weighted by atomic mass is 16.5. The molecule has 18 heavy (non-hydrogen) atoms. The van der Waals surface area contributed by atoms with E-state index in [1.54, 1.807) is 7.11 Å². The standard InChI is InChI=1S/C14H21NO3/c1-11-4-5-12(2)13(10-11)14(16)15-6-7-18-9-8-17-3/h4-5,10H,6-9H2,1-3H3,(H,15,16). The first-order valence-corrected chi connectivity index (χ1v) is 6.07. The third-order valence-corrected chi connectivity index (χ3v) is 2.60. The molecule has 4 nitrogen and oxygen atoms in total. The first-order valence-electron chi connectivity index (χ1n) is 6.07. The van der Waals surface area contributed by atoms with Crippen LogP contribution in [-0.4, -0.2) is 39.4 Å². The molecule has 1 N–H and O–H groups in total. The Hall–Kier alpha value is -1.39. The van der Waals surface area contributed by atoms with Gasteiger partial charge in [0, 0.05) is 19.2 Å². The van der Waals surface area contributed by atoms with Gasteiger partial charge in [0.15, 0.2) is 0 Å². The molecule has 0 atom stereocenters. The number of benzene rings is 1. The Morgan fingerprint density at radius 1 is 1.22 bits per heavy atom. The number of carbonyl (C=O) groups excluding carboxylic acids is 1. The van der Waals surface area contributed by atoms with Crippen LogP contribution in [0.3, 0.4) is 0 Å². The third kappa shape index (κ3) is 4.85. The summed E-state index contributed by atoms with van der Waals surface area (Å²) in [6, 6.07) is 5.86. The molecule has 4 heteroatoms. The zero-order chi connectivity index (χ0) is 13.4. The molecule has 1 aromatic rings. The van der Waals surface area contributed by atoms with Gasteiger partial charge < -0.3 is 14.8 Å². The van der Waals surface area contributed by atoms with E-state index in [2.05, 4.69) is 5.32 Å². The molecule has 0 spiro atoms. The van der Waals surface area contributed by atoms with E-state index in [9.17, 15) is 4.79 Å². The summed E-state index contributed by atoms with van der Waals surface area (Å²) in [5, 5.41) is 2.84. The van der Waals surface area contributed by atoms with Crippen molar-refractivity contribution >= 4 is 5.91 Å². The molecule has 1 aromatic carbocycles. The van der Waals surface area contributed by atoms with Crippen molar-refractivity contribution in [2.75, 3.05) is 33.5 Å². The molecule has 0 unspecified atom stereocenters. The minimum atomic E-state index is -0.0495. The Bertz CT molecular complexity index is 391. The Kier molecular flexibility index (Phi) is 6.39. The second kappa shape index (κ2) is 7.84. The van der Waals surface area contributed by atoms with E-state index in [1.807, 2.05) is 32.0 Å². The molecule has 0 aromatic heterocycles. The fourth-order valence-corrected chi connectivity index (χ4v) is 1.56. The summed E-state index contributed by atoms with van der Waals surface area (Å²) in [4.78, 5) is 11.9. The molecule has 0 saturated heterocycles. The van der Waals surface area contributed by atoms with Crippen LogP contribution in [0, 0.1) is 13.8 Å². The zero-order valence-electron chi connectivity index (χ0n) is 11.3. The van der Waals surface area contributed by atoms with Gasteiger partial charge in [-0.1, -0.05) is 17.7 Å². The Morgan fingerprint density at radius 2 is 2.00 bits per heavy atom. The number of rotatable bonds is 7. The Balaban J connectivity index is 2.34. The number of hydrogen-bond acceptors (Lipinski definition) is 3. The second-order valence-electron chi connectivity index (χ2n) is 4.18. The van der Waals surface area contributed by atoms with Crippen LogP contribution in [0.2, 0.25) is 0 Å². The van der Waals surface area contributed by atoms with E-state index < -0.39 is 0 Å². The molecule has 0 aliphatic heterocycles. The topological polar surface area (TPSA) is 47.6 Å². The maximum absolute atomic E-state index is 11.9. The monoisotopic (exact) mass is 251 g/mol. The molecular formula is C14H21NO3. The van der Waals surface area contributed by atoms with E-state index >= 15 is 0 Å². The lowest BCUT2D eigenvalue weighted by Gasteiger charge is -2.09. The minimum Gasteiger partial charge on any atom is -0.382 e. The summed E-state index contributed by atoms with van der Waals surface area (Å²) in [7, 11) is 1.63. The highest BCUT2D eigenvalue weighted by Gasteiger charge is 2.07. The largest absolute Gasteiger partial charge is 0.382 e. The van der Waals surface area contributed by atoms with Crippen LogP contribution < -0.4 is 5.32 Å². The van der Waals surface area contributed by atoms with Crippen LogP contribution in [0.1, 0.15) is 21.5 Å². The van der Waals surface area contributed by atoms with Gasteiger partial charge in [-0.2, -0.15) is 0 Å². The molecule has 0 heterocycles. The van der Waals surface area contributed by atoms with Crippen molar-refractivity contribution in [2.24, 2.45) is 0 Å². The average Bonchev–Trinajstić information content (AvgIpc) is 2.36. The van der Waals surface area contributed by atoms with Gasteiger partial charge in [-0.25, -0.2) is 0 Å². The summed E-state index contributed by atoms with van der Waals surface area (Å²) >= 11 is 0. The number of methoxy groups -OCH3 is 1. The highest BCUT2D eigenvalue weighted by molar-refractivity contribution is 5.95. The summed E-state index contributed by atoms with van der Waals surface area (Å²) < 4.78 is 10.1. The summed E-state index contributed by atoms with van der Waals surface area (Å²) in [6.45, 7) is 6.05. The van der Waals surface area contributed by atoms with Crippen LogP contribution in [0.4, 0.5) is 0 Å². The predicted octanol–water partition coefficient (Wildman–Crippen LogP) is 1.70. The smallest absolute Gasteiger partial charge is 0.251 e. The van der Waals surface area contributed by atoms with E-state index in [4.69, 9.17) is 9.47 Å². The lowest BCUT2D eigenvalue weighted by Crippen LogP contribution is -2.28. The number of amides is 1. The van der Waals surface area contributed by atoms with Crippen LogP contribution >= 0.6 is 0 Å². The Morgan fingerprint density at radius 3 is 2.72 bits per heavy atom. The van der Waals surface area contributed by atoms with Gasteiger partial charge in [0.1, 0.15) is 0 Å². The molecule has 0 fully saturated rings. The number of ether oxygens (including phenoxy) is 2. The maximum atomic E-state index is 11.9. The first-order chi connectivity index (χ1) is 8.65. The first kappa shape index (κ1) is 14.7. The molecule has 1 amide bonds. The van der Waals surface area contributed by atoms with Gasteiger partial charge in [-0.15, -0.1) is 0 Å². The van der Waals surface area contributed by atoms with Crippen molar-refractivity contribution in [3.05, 3.63) is 34.9 Å². The van der Waals surface area contributed by atoms with Gasteiger partial charge in [-0.3, -0.25) is 4.79 Å². The SMILES string of the molecule is COCCOCCNC(=O)c1cc(C)ccc1C. The molecule has 0 aliphatic rings. The van der Waals surface area contributed by atoms with Crippen molar-refractivity contribution in [3.8, 4) is 0 Å².